The second-order valence-electron chi connectivity index (χ2n) is 4.06. The molecule has 1 aromatic heterocycles. The molecule has 0 unspecified atom stereocenters. The number of halogens is 1. The van der Waals surface area contributed by atoms with Crippen molar-refractivity contribution in [3.05, 3.63) is 16.8 Å². The third-order valence-electron chi connectivity index (χ3n) is 2.06. The van der Waals surface area contributed by atoms with Crippen molar-refractivity contribution in [3.8, 4) is 0 Å². The van der Waals surface area contributed by atoms with Gasteiger partial charge in [-0.1, -0.05) is 25.4 Å². The average Bonchev–Trinajstić information content (AvgIpc) is 2.22. The van der Waals surface area contributed by atoms with E-state index < -0.39 is 0 Å². The first-order valence-electron chi connectivity index (χ1n) is 5.22. The summed E-state index contributed by atoms with van der Waals surface area (Å²) in [6.45, 7) is 5.46. The molecule has 1 heterocycles. The Hall–Kier alpha value is -1.00. The van der Waals surface area contributed by atoms with Crippen LogP contribution in [0.15, 0.2) is 6.07 Å². The number of nitrogens with two attached hydrogens (primary N) is 1. The maximum absolute atomic E-state index is 6.01. The molecule has 0 atom stereocenters. The Morgan fingerprint density at radius 2 is 2.25 bits per heavy atom. The Balaban J connectivity index is 2.86. The van der Waals surface area contributed by atoms with Gasteiger partial charge in [-0.25, -0.2) is 4.98 Å². The number of nitrogens with one attached hydrogen (secondary N) is 1. The lowest BCUT2D eigenvalue weighted by molar-refractivity contribution is 0.182. The standard InChI is InChI=1S/C11H18ClN3O/c1-7(2)5-14-10-4-8(12)11(13)9(15-10)6-16-3/h4,7H,5-6,13H2,1-3H3,(H,14,15). The fourth-order valence-electron chi connectivity index (χ4n) is 1.22. The van der Waals surface area contributed by atoms with E-state index in [2.05, 4.69) is 24.1 Å². The summed E-state index contributed by atoms with van der Waals surface area (Å²) in [4.78, 5) is 4.35. The highest BCUT2D eigenvalue weighted by molar-refractivity contribution is 6.33. The van der Waals surface area contributed by atoms with Crippen molar-refractivity contribution in [2.45, 2.75) is 20.5 Å². The van der Waals surface area contributed by atoms with Gasteiger partial charge in [0.15, 0.2) is 0 Å². The first-order chi connectivity index (χ1) is 7.54. The van der Waals surface area contributed by atoms with Crippen molar-refractivity contribution in [1.29, 1.82) is 0 Å². The Labute approximate surface area is 101 Å². The van der Waals surface area contributed by atoms with Gasteiger partial charge in [-0.05, 0) is 5.92 Å². The third-order valence-corrected chi connectivity index (χ3v) is 2.37. The van der Waals surface area contributed by atoms with E-state index in [9.17, 15) is 0 Å². The topological polar surface area (TPSA) is 60.2 Å². The van der Waals surface area contributed by atoms with E-state index in [1.165, 1.54) is 0 Å². The number of nitrogen functional groups attached to an aromatic ring is 1. The van der Waals surface area contributed by atoms with Gasteiger partial charge in [0, 0.05) is 19.7 Å². The molecule has 1 aromatic rings. The molecular formula is C11H18ClN3O. The maximum Gasteiger partial charge on any atom is 0.127 e. The van der Waals surface area contributed by atoms with Crippen molar-refractivity contribution < 1.29 is 4.74 Å². The minimum absolute atomic E-state index is 0.364. The van der Waals surface area contributed by atoms with Crippen LogP contribution in [-0.4, -0.2) is 18.6 Å². The number of anilines is 2. The second kappa shape index (κ2) is 5.92. The summed E-state index contributed by atoms with van der Waals surface area (Å²) in [6, 6.07) is 1.73. The van der Waals surface area contributed by atoms with E-state index >= 15 is 0 Å². The molecule has 0 saturated heterocycles. The summed E-state index contributed by atoms with van der Waals surface area (Å²) in [7, 11) is 1.60. The molecule has 0 bridgehead atoms. The number of methoxy groups -OCH3 is 1. The van der Waals surface area contributed by atoms with Gasteiger partial charge in [-0.2, -0.15) is 0 Å². The smallest absolute Gasteiger partial charge is 0.127 e. The molecule has 0 aromatic carbocycles. The Morgan fingerprint density at radius 3 is 2.81 bits per heavy atom. The number of hydrogen-bond acceptors (Lipinski definition) is 4. The molecule has 0 fully saturated rings. The number of ether oxygens (including phenoxy) is 1. The summed E-state index contributed by atoms with van der Waals surface area (Å²) in [5.74, 6) is 1.28. The predicted octanol–water partition coefficient (Wildman–Crippen LogP) is 2.53. The number of hydrogen-bond donors (Lipinski definition) is 2. The lowest BCUT2D eigenvalue weighted by Crippen LogP contribution is -2.11. The molecule has 5 heteroatoms. The molecule has 0 radical (unpaired) electrons. The van der Waals surface area contributed by atoms with Crippen molar-refractivity contribution in [3.63, 3.8) is 0 Å². The van der Waals surface area contributed by atoms with E-state index in [4.69, 9.17) is 22.1 Å². The molecule has 90 valence electrons. The van der Waals surface area contributed by atoms with Crippen LogP contribution < -0.4 is 11.1 Å². The minimum atomic E-state index is 0.364. The normalized spacial score (nSPS) is 10.8. The zero-order valence-corrected chi connectivity index (χ0v) is 10.6. The van der Waals surface area contributed by atoms with Crippen LogP contribution in [0.25, 0.3) is 0 Å². The predicted molar refractivity (Wildman–Crippen MR) is 67.7 cm³/mol. The van der Waals surface area contributed by atoms with E-state index in [0.29, 0.717) is 28.9 Å². The molecular weight excluding hydrogens is 226 g/mol. The summed E-state index contributed by atoms with van der Waals surface area (Å²) >= 11 is 6.01. The van der Waals surface area contributed by atoms with Gasteiger partial charge in [0.05, 0.1) is 23.0 Å². The second-order valence-corrected chi connectivity index (χ2v) is 4.46. The number of nitrogens with zero attached hydrogens (tertiary/aromatic N) is 1. The fraction of sp³-hybridized carbons (Fsp3) is 0.545. The van der Waals surface area contributed by atoms with Gasteiger partial charge in [0.2, 0.25) is 0 Å². The number of pyridine rings is 1. The molecule has 16 heavy (non-hydrogen) atoms. The van der Waals surface area contributed by atoms with E-state index in [1.807, 2.05) is 0 Å². The molecule has 0 aliphatic heterocycles. The quantitative estimate of drug-likeness (QED) is 0.834. The molecule has 1 rings (SSSR count). The molecule has 0 aliphatic rings. The average molecular weight is 244 g/mol. The number of aromatic nitrogens is 1. The van der Waals surface area contributed by atoms with E-state index in [0.717, 1.165) is 12.4 Å². The van der Waals surface area contributed by atoms with Gasteiger partial charge < -0.3 is 15.8 Å². The van der Waals surface area contributed by atoms with E-state index in [1.54, 1.807) is 13.2 Å². The summed E-state index contributed by atoms with van der Waals surface area (Å²) in [5.41, 5.74) is 6.94. The first-order valence-corrected chi connectivity index (χ1v) is 5.60. The third kappa shape index (κ3) is 3.54. The molecule has 3 N–H and O–H groups in total. The van der Waals surface area contributed by atoms with Crippen molar-refractivity contribution >= 4 is 23.1 Å². The van der Waals surface area contributed by atoms with Gasteiger partial charge in [0.1, 0.15) is 5.82 Å². The highest BCUT2D eigenvalue weighted by atomic mass is 35.5. The highest BCUT2D eigenvalue weighted by Crippen LogP contribution is 2.25. The number of rotatable bonds is 5. The minimum Gasteiger partial charge on any atom is -0.396 e. The molecule has 4 nitrogen and oxygen atoms in total. The van der Waals surface area contributed by atoms with Crippen LogP contribution in [0.5, 0.6) is 0 Å². The lowest BCUT2D eigenvalue weighted by Gasteiger charge is -2.12. The van der Waals surface area contributed by atoms with Crippen LogP contribution in [0.1, 0.15) is 19.5 Å². The largest absolute Gasteiger partial charge is 0.396 e. The summed E-state index contributed by atoms with van der Waals surface area (Å²) < 4.78 is 5.02. The molecule has 0 amide bonds. The van der Waals surface area contributed by atoms with Crippen LogP contribution >= 0.6 is 11.6 Å². The molecule has 0 spiro atoms. The van der Waals surface area contributed by atoms with Crippen molar-refractivity contribution in [2.24, 2.45) is 5.92 Å². The van der Waals surface area contributed by atoms with Crippen LogP contribution in [0.2, 0.25) is 5.02 Å². The van der Waals surface area contributed by atoms with Gasteiger partial charge in [-0.15, -0.1) is 0 Å². The van der Waals surface area contributed by atoms with Gasteiger partial charge in [0.25, 0.3) is 0 Å². The fourth-order valence-corrected chi connectivity index (χ4v) is 1.43. The highest BCUT2D eigenvalue weighted by Gasteiger charge is 2.08. The first kappa shape index (κ1) is 13.1. The zero-order valence-electron chi connectivity index (χ0n) is 9.88. The van der Waals surface area contributed by atoms with Crippen molar-refractivity contribution in [1.82, 2.24) is 4.98 Å². The molecule has 0 aliphatic carbocycles. The van der Waals surface area contributed by atoms with E-state index in [-0.39, 0.29) is 0 Å². The van der Waals surface area contributed by atoms with Crippen LogP contribution in [0, 0.1) is 5.92 Å². The Bertz CT molecular complexity index is 355. The Kier molecular flexibility index (Phi) is 4.83. The van der Waals surface area contributed by atoms with Crippen molar-refractivity contribution in [2.75, 3.05) is 24.7 Å². The van der Waals surface area contributed by atoms with Crippen LogP contribution in [0.4, 0.5) is 11.5 Å². The van der Waals surface area contributed by atoms with Gasteiger partial charge in [-0.3, -0.25) is 0 Å². The lowest BCUT2D eigenvalue weighted by atomic mass is 10.2. The Morgan fingerprint density at radius 1 is 1.56 bits per heavy atom. The van der Waals surface area contributed by atoms with Gasteiger partial charge >= 0.3 is 0 Å². The molecule has 0 saturated carbocycles. The summed E-state index contributed by atoms with van der Waals surface area (Å²) in [5, 5.41) is 3.71. The summed E-state index contributed by atoms with van der Waals surface area (Å²) in [6.07, 6.45) is 0. The van der Waals surface area contributed by atoms with Crippen LogP contribution in [-0.2, 0) is 11.3 Å². The monoisotopic (exact) mass is 243 g/mol. The SMILES string of the molecule is COCc1nc(NCC(C)C)cc(Cl)c1N. The maximum atomic E-state index is 6.01. The zero-order chi connectivity index (χ0) is 12.1. The van der Waals surface area contributed by atoms with Crippen LogP contribution in [0.3, 0.4) is 0 Å².